The van der Waals surface area contributed by atoms with Gasteiger partial charge in [0.1, 0.15) is 11.6 Å². The van der Waals surface area contributed by atoms with Gasteiger partial charge in [-0.15, -0.1) is 20.4 Å². The Labute approximate surface area is 123 Å². The van der Waals surface area contributed by atoms with Gasteiger partial charge in [0.2, 0.25) is 16.9 Å². The highest BCUT2D eigenvalue weighted by molar-refractivity contribution is 7.15. The van der Waals surface area contributed by atoms with E-state index in [9.17, 15) is 4.79 Å². The van der Waals surface area contributed by atoms with E-state index in [0.29, 0.717) is 22.5 Å². The lowest BCUT2D eigenvalue weighted by molar-refractivity contribution is -0.114. The van der Waals surface area contributed by atoms with Crippen molar-refractivity contribution in [3.63, 3.8) is 0 Å². The van der Waals surface area contributed by atoms with Crippen molar-refractivity contribution >= 4 is 22.4 Å². The van der Waals surface area contributed by atoms with E-state index in [1.54, 1.807) is 0 Å². The molecule has 0 aliphatic heterocycles. The van der Waals surface area contributed by atoms with Crippen LogP contribution in [0.25, 0.3) is 11.4 Å². The maximum atomic E-state index is 10.9. The number of carbonyl (C=O) groups excluding carboxylic acids is 1. The molecule has 9 heteroatoms. The summed E-state index contributed by atoms with van der Waals surface area (Å²) >= 11 is 1.28. The molecule has 1 amide bonds. The molecule has 0 saturated carbocycles. The SMILES string of the molecule is CC(=O)Nc1nnc(Cn2nnc(-c3ccccc3)n2)s1. The summed E-state index contributed by atoms with van der Waals surface area (Å²) in [5.41, 5.74) is 0.903. The van der Waals surface area contributed by atoms with Crippen molar-refractivity contribution in [2.45, 2.75) is 13.5 Å². The van der Waals surface area contributed by atoms with Gasteiger partial charge in [-0.05, 0) is 5.21 Å². The topological polar surface area (TPSA) is 98.5 Å². The predicted molar refractivity (Wildman–Crippen MR) is 76.6 cm³/mol. The number of tetrazole rings is 1. The van der Waals surface area contributed by atoms with Crippen molar-refractivity contribution in [2.75, 3.05) is 5.32 Å². The van der Waals surface area contributed by atoms with Crippen LogP contribution >= 0.6 is 11.3 Å². The van der Waals surface area contributed by atoms with E-state index in [-0.39, 0.29) is 5.91 Å². The van der Waals surface area contributed by atoms with Gasteiger partial charge in [-0.25, -0.2) is 0 Å². The molecule has 1 aromatic carbocycles. The summed E-state index contributed by atoms with van der Waals surface area (Å²) in [5, 5.41) is 23.9. The van der Waals surface area contributed by atoms with E-state index in [2.05, 4.69) is 30.9 Å². The third-order valence-corrected chi connectivity index (χ3v) is 3.33. The lowest BCUT2D eigenvalue weighted by Gasteiger charge is -1.93. The molecule has 2 heterocycles. The van der Waals surface area contributed by atoms with E-state index >= 15 is 0 Å². The van der Waals surface area contributed by atoms with Gasteiger partial charge < -0.3 is 5.32 Å². The summed E-state index contributed by atoms with van der Waals surface area (Å²) in [7, 11) is 0. The first-order chi connectivity index (χ1) is 10.2. The third-order valence-electron chi connectivity index (χ3n) is 2.51. The molecule has 21 heavy (non-hydrogen) atoms. The summed E-state index contributed by atoms with van der Waals surface area (Å²) in [4.78, 5) is 12.4. The molecular formula is C12H11N7OS. The number of hydrogen-bond acceptors (Lipinski definition) is 7. The van der Waals surface area contributed by atoms with E-state index < -0.39 is 0 Å². The molecule has 0 fully saturated rings. The second-order valence-corrected chi connectivity index (χ2v) is 5.25. The number of amides is 1. The van der Waals surface area contributed by atoms with Crippen LogP contribution < -0.4 is 5.32 Å². The average molecular weight is 301 g/mol. The number of carbonyl (C=O) groups is 1. The molecule has 0 atom stereocenters. The Bertz CT molecular complexity index is 752. The Morgan fingerprint density at radius 1 is 1.24 bits per heavy atom. The molecule has 0 aliphatic carbocycles. The molecule has 0 radical (unpaired) electrons. The summed E-state index contributed by atoms with van der Waals surface area (Å²) in [6.45, 7) is 1.78. The number of benzene rings is 1. The first kappa shape index (κ1) is 13.3. The predicted octanol–water partition coefficient (Wildman–Crippen LogP) is 1.20. The normalized spacial score (nSPS) is 10.5. The van der Waals surface area contributed by atoms with Crippen LogP contribution in [0.3, 0.4) is 0 Å². The summed E-state index contributed by atoms with van der Waals surface area (Å²) in [6.07, 6.45) is 0. The van der Waals surface area contributed by atoms with E-state index in [0.717, 1.165) is 5.56 Å². The second kappa shape index (κ2) is 5.75. The molecule has 0 unspecified atom stereocenters. The summed E-state index contributed by atoms with van der Waals surface area (Å²) in [6, 6.07) is 9.60. The zero-order chi connectivity index (χ0) is 14.7. The maximum Gasteiger partial charge on any atom is 0.223 e. The Hall–Kier alpha value is -2.68. The van der Waals surface area contributed by atoms with Crippen LogP contribution in [-0.2, 0) is 11.3 Å². The van der Waals surface area contributed by atoms with Crippen molar-refractivity contribution < 1.29 is 4.79 Å². The summed E-state index contributed by atoms with van der Waals surface area (Å²) in [5.74, 6) is 0.380. The highest BCUT2D eigenvalue weighted by Crippen LogP contribution is 2.16. The van der Waals surface area contributed by atoms with Crippen LogP contribution in [0, 0.1) is 0 Å². The second-order valence-electron chi connectivity index (χ2n) is 4.19. The van der Waals surface area contributed by atoms with Crippen LogP contribution in [0.15, 0.2) is 30.3 Å². The first-order valence-electron chi connectivity index (χ1n) is 6.14. The van der Waals surface area contributed by atoms with Gasteiger partial charge in [-0.2, -0.15) is 4.80 Å². The Balaban J connectivity index is 1.73. The molecule has 0 bridgehead atoms. The van der Waals surface area contributed by atoms with Crippen molar-refractivity contribution in [1.82, 2.24) is 30.4 Å². The third kappa shape index (κ3) is 3.26. The number of nitrogens with one attached hydrogen (secondary N) is 1. The molecule has 106 valence electrons. The van der Waals surface area contributed by atoms with Gasteiger partial charge in [0.25, 0.3) is 0 Å². The first-order valence-corrected chi connectivity index (χ1v) is 6.95. The Morgan fingerprint density at radius 3 is 2.81 bits per heavy atom. The monoisotopic (exact) mass is 301 g/mol. The Kier molecular flexibility index (Phi) is 3.65. The van der Waals surface area contributed by atoms with E-state index in [1.165, 1.54) is 23.1 Å². The van der Waals surface area contributed by atoms with E-state index in [1.807, 2.05) is 30.3 Å². The van der Waals surface area contributed by atoms with Gasteiger partial charge in [-0.3, -0.25) is 4.79 Å². The largest absolute Gasteiger partial charge is 0.301 e. The molecule has 3 aromatic rings. The molecule has 0 saturated heterocycles. The highest BCUT2D eigenvalue weighted by atomic mass is 32.1. The fourth-order valence-corrected chi connectivity index (χ4v) is 2.41. The Morgan fingerprint density at radius 2 is 2.05 bits per heavy atom. The number of aromatic nitrogens is 6. The summed E-state index contributed by atoms with van der Waals surface area (Å²) < 4.78 is 0. The molecule has 0 aliphatic rings. The standard InChI is InChI=1S/C12H11N7OS/c1-8(20)13-12-16-14-10(21-12)7-19-17-11(15-18-19)9-5-3-2-4-6-9/h2-6H,7H2,1H3,(H,13,16,20). The van der Waals surface area contributed by atoms with Crippen molar-refractivity contribution in [1.29, 1.82) is 0 Å². The van der Waals surface area contributed by atoms with Crippen LogP contribution in [-0.4, -0.2) is 36.3 Å². The lowest BCUT2D eigenvalue weighted by atomic mass is 10.2. The minimum Gasteiger partial charge on any atom is -0.301 e. The molecular weight excluding hydrogens is 290 g/mol. The lowest BCUT2D eigenvalue weighted by Crippen LogP contribution is -2.04. The van der Waals surface area contributed by atoms with Crippen molar-refractivity contribution in [3.05, 3.63) is 35.3 Å². The van der Waals surface area contributed by atoms with Gasteiger partial charge in [0.05, 0.1) is 0 Å². The minimum atomic E-state index is -0.178. The van der Waals surface area contributed by atoms with Crippen molar-refractivity contribution in [2.24, 2.45) is 0 Å². The van der Waals surface area contributed by atoms with Gasteiger partial charge >= 0.3 is 0 Å². The number of nitrogens with zero attached hydrogens (tertiary/aromatic N) is 6. The van der Waals surface area contributed by atoms with Gasteiger partial charge in [-0.1, -0.05) is 41.7 Å². The smallest absolute Gasteiger partial charge is 0.223 e. The highest BCUT2D eigenvalue weighted by Gasteiger charge is 2.09. The van der Waals surface area contributed by atoms with Crippen molar-refractivity contribution in [3.8, 4) is 11.4 Å². The molecule has 8 nitrogen and oxygen atoms in total. The average Bonchev–Trinajstić information content (AvgIpc) is 3.09. The van der Waals surface area contributed by atoms with E-state index in [4.69, 9.17) is 0 Å². The van der Waals surface area contributed by atoms with Crippen LogP contribution in [0.4, 0.5) is 5.13 Å². The number of rotatable bonds is 4. The van der Waals surface area contributed by atoms with Crippen LogP contribution in [0.2, 0.25) is 0 Å². The fourth-order valence-electron chi connectivity index (χ4n) is 1.65. The quantitative estimate of drug-likeness (QED) is 0.777. The van der Waals surface area contributed by atoms with Gasteiger partial charge in [0, 0.05) is 12.5 Å². The number of anilines is 1. The molecule has 1 N–H and O–H groups in total. The minimum absolute atomic E-state index is 0.178. The zero-order valence-corrected chi connectivity index (χ0v) is 11.9. The van der Waals surface area contributed by atoms with Gasteiger partial charge in [0.15, 0.2) is 0 Å². The maximum absolute atomic E-state index is 10.9. The fraction of sp³-hybridized carbons (Fsp3) is 0.167. The molecule has 3 rings (SSSR count). The van der Waals surface area contributed by atoms with Crippen LogP contribution in [0.5, 0.6) is 0 Å². The zero-order valence-electron chi connectivity index (χ0n) is 11.1. The van der Waals surface area contributed by atoms with Crippen LogP contribution in [0.1, 0.15) is 11.9 Å². The molecule has 0 spiro atoms. The molecule has 2 aromatic heterocycles. The number of hydrogen-bond donors (Lipinski definition) is 1.